The molecule has 5 aromatic carbocycles. The van der Waals surface area contributed by atoms with Gasteiger partial charge in [-0.25, -0.2) is 12.1 Å². The summed E-state index contributed by atoms with van der Waals surface area (Å²) >= 11 is 1.66. The largest absolute Gasteiger partial charge is 0.214 e. The van der Waals surface area contributed by atoms with Crippen molar-refractivity contribution in [3.05, 3.63) is 161 Å². The smallest absolute Gasteiger partial charge is 0.172 e. The van der Waals surface area contributed by atoms with E-state index in [1.165, 1.54) is 57.3 Å². The van der Waals surface area contributed by atoms with Gasteiger partial charge in [-0.2, -0.15) is 42.0 Å². The molecule has 0 aliphatic heterocycles. The van der Waals surface area contributed by atoms with Crippen molar-refractivity contribution >= 4 is 3.21 Å². The van der Waals surface area contributed by atoms with Crippen LogP contribution in [0.2, 0.25) is 0 Å². The summed E-state index contributed by atoms with van der Waals surface area (Å²) in [7, 11) is 0. The van der Waals surface area contributed by atoms with Crippen LogP contribution >= 0.6 is 0 Å². The summed E-state index contributed by atoms with van der Waals surface area (Å²) in [5.74, 6) is 0. The molecule has 0 amide bonds. The Morgan fingerprint density at radius 1 is 0.619 bits per heavy atom. The summed E-state index contributed by atoms with van der Waals surface area (Å²) in [6, 6.07) is 47.0. The van der Waals surface area contributed by atoms with Gasteiger partial charge in [0, 0.05) is 5.41 Å². The van der Waals surface area contributed by atoms with Crippen molar-refractivity contribution in [2.24, 2.45) is 0 Å². The molecule has 0 radical (unpaired) electrons. The zero-order valence-corrected chi connectivity index (χ0v) is 28.9. The second kappa shape index (κ2) is 14.8. The molecule has 0 nitrogen and oxygen atoms in total. The van der Waals surface area contributed by atoms with Gasteiger partial charge >= 0.3 is 40.3 Å². The zero-order chi connectivity index (χ0) is 28.2. The van der Waals surface area contributed by atoms with Gasteiger partial charge in [0.15, 0.2) is 0 Å². The van der Waals surface area contributed by atoms with Crippen LogP contribution in [0.4, 0.5) is 0 Å². The number of hydrogen-bond acceptors (Lipinski definition) is 0. The van der Waals surface area contributed by atoms with Crippen LogP contribution in [0.15, 0.2) is 121 Å². The molecule has 0 bridgehead atoms. The summed E-state index contributed by atoms with van der Waals surface area (Å²) in [6.07, 6.45) is 3.85. The van der Waals surface area contributed by atoms with Gasteiger partial charge in [-0.1, -0.05) is 112 Å². The molecule has 1 fully saturated rings. The molecule has 3 heteroatoms. The molecule has 0 saturated heterocycles. The third kappa shape index (κ3) is 7.93. The Morgan fingerprint density at radius 3 is 1.64 bits per heavy atom. The molecule has 1 saturated carbocycles. The van der Waals surface area contributed by atoms with Gasteiger partial charge in [0.2, 0.25) is 0 Å². The Hall–Kier alpha value is -2.44. The maximum absolute atomic E-state index is 3.80. The molecule has 0 spiro atoms. The van der Waals surface area contributed by atoms with Crippen molar-refractivity contribution < 1.29 is 49.0 Å². The Bertz CT molecular complexity index is 1440. The van der Waals surface area contributed by atoms with E-state index < -0.39 is 0 Å². The van der Waals surface area contributed by atoms with Crippen LogP contribution in [-0.4, -0.2) is 3.21 Å². The summed E-state index contributed by atoms with van der Waals surface area (Å²) < 4.78 is 1.76. The normalized spacial score (nSPS) is 12.7. The van der Waals surface area contributed by atoms with Gasteiger partial charge in [-0.15, -0.1) is 11.1 Å². The van der Waals surface area contributed by atoms with Crippen molar-refractivity contribution in [3.63, 3.8) is 0 Å². The second-order valence-corrected chi connectivity index (χ2v) is 13.6. The summed E-state index contributed by atoms with van der Waals surface area (Å²) in [5, 5.41) is 0. The summed E-state index contributed by atoms with van der Waals surface area (Å²) in [4.78, 5) is 0. The molecule has 2 aliphatic carbocycles. The number of halogens is 2. The molecule has 214 valence electrons. The topological polar surface area (TPSA) is 0 Å². The zero-order valence-electron chi connectivity index (χ0n) is 24.9. The van der Waals surface area contributed by atoms with Gasteiger partial charge in [0.25, 0.3) is 0 Å². The van der Waals surface area contributed by atoms with Gasteiger partial charge in [-0.3, -0.25) is 0 Å². The SMILES string of the molecule is CC(C)(c1[c-]c2c(cc1)-c1ccc(C(C)(C)c3ccccc3)cc1C2)c1ccccc1.[Cl-].[Cl-].[Zr+2]=[C]1CC1.c1cc[cH-]c1. The van der Waals surface area contributed by atoms with Crippen LogP contribution in [0.3, 0.4) is 0 Å². The van der Waals surface area contributed by atoms with Crippen LogP contribution in [0.1, 0.15) is 73.9 Å². The first-order chi connectivity index (χ1) is 19.3. The van der Waals surface area contributed by atoms with E-state index in [-0.39, 0.29) is 35.6 Å². The van der Waals surface area contributed by atoms with Crippen molar-refractivity contribution in [2.75, 3.05) is 0 Å². The molecule has 42 heavy (non-hydrogen) atoms. The predicted molar refractivity (Wildman–Crippen MR) is 167 cm³/mol. The van der Waals surface area contributed by atoms with E-state index in [0.29, 0.717) is 0 Å². The van der Waals surface area contributed by atoms with E-state index in [1.807, 2.05) is 30.3 Å². The van der Waals surface area contributed by atoms with Crippen molar-refractivity contribution in [1.29, 1.82) is 0 Å². The van der Waals surface area contributed by atoms with Crippen LogP contribution in [0, 0.1) is 6.07 Å². The van der Waals surface area contributed by atoms with E-state index in [9.17, 15) is 0 Å². The van der Waals surface area contributed by atoms with E-state index in [2.05, 4.69) is 125 Å². The van der Waals surface area contributed by atoms with Gasteiger partial charge < -0.3 is 24.8 Å². The molecule has 0 N–H and O–H groups in total. The minimum absolute atomic E-state index is 0. The average Bonchev–Trinajstić information content (AvgIpc) is 3.41. The van der Waals surface area contributed by atoms with Crippen LogP contribution in [-0.2, 0) is 41.5 Å². The molecule has 0 atom stereocenters. The number of benzene rings is 4. The number of fused-ring (bicyclic) bond motifs is 3. The van der Waals surface area contributed by atoms with Crippen molar-refractivity contribution in [2.45, 2.75) is 57.8 Å². The fraction of sp³-hybridized carbons (Fsp3) is 0.231. The molecular formula is C39H38Cl2Zr-2. The summed E-state index contributed by atoms with van der Waals surface area (Å²) in [5.41, 5.74) is 10.7. The maximum atomic E-state index is 3.80. The third-order valence-corrected chi connectivity index (χ3v) is 9.46. The minimum atomic E-state index is -0.0640. The second-order valence-electron chi connectivity index (χ2n) is 11.9. The van der Waals surface area contributed by atoms with Crippen LogP contribution in [0.25, 0.3) is 11.1 Å². The Kier molecular flexibility index (Phi) is 12.0. The van der Waals surface area contributed by atoms with Crippen LogP contribution < -0.4 is 24.8 Å². The standard InChI is InChI=1S/C31H29.C5H5.C3H4.2ClH.Zr/c1-30(2,24-11-7-5-8-12-24)26-15-17-28-22(20-26)19-23-21-27(16-18-29(23)28)31(3,4)25-13-9-6-10-14-25;1-2-4-5-3-1;1-2-3-1;;;/h5-18,20H,19H2,1-4H3;1-5H;1-2H2;2*1H;/q2*-1;;;;+2/p-2. The van der Waals surface area contributed by atoms with Gasteiger partial charge in [0.05, 0.1) is 0 Å². The average molecular weight is 669 g/mol. The monoisotopic (exact) mass is 666 g/mol. The van der Waals surface area contributed by atoms with E-state index in [1.54, 1.807) is 27.4 Å². The van der Waals surface area contributed by atoms with E-state index >= 15 is 0 Å². The Balaban J connectivity index is 0.000000376. The van der Waals surface area contributed by atoms with Crippen LogP contribution in [0.5, 0.6) is 0 Å². The third-order valence-electron chi connectivity index (χ3n) is 8.23. The fourth-order valence-corrected chi connectivity index (χ4v) is 5.60. The first-order valence-electron chi connectivity index (χ1n) is 14.3. The number of rotatable bonds is 4. The Labute approximate surface area is 280 Å². The molecule has 0 aromatic heterocycles. The fourth-order valence-electron chi connectivity index (χ4n) is 5.29. The molecule has 0 unspecified atom stereocenters. The van der Waals surface area contributed by atoms with Gasteiger partial charge in [0.1, 0.15) is 0 Å². The van der Waals surface area contributed by atoms with E-state index in [0.717, 1.165) is 6.42 Å². The number of hydrogen-bond donors (Lipinski definition) is 0. The van der Waals surface area contributed by atoms with Crippen molar-refractivity contribution in [1.82, 2.24) is 0 Å². The molecular weight excluding hydrogens is 631 g/mol. The van der Waals surface area contributed by atoms with E-state index in [4.69, 9.17) is 0 Å². The molecule has 0 heterocycles. The molecule has 5 aromatic rings. The van der Waals surface area contributed by atoms with Crippen molar-refractivity contribution in [3.8, 4) is 11.1 Å². The quantitative estimate of drug-likeness (QED) is 0.252. The molecule has 2 aliphatic rings. The predicted octanol–water partition coefficient (Wildman–Crippen LogP) is 3.62. The maximum Gasteiger partial charge on any atom is -0.172 e. The Morgan fingerprint density at radius 2 is 1.14 bits per heavy atom. The summed E-state index contributed by atoms with van der Waals surface area (Å²) in [6.45, 7) is 9.23. The first-order valence-corrected chi connectivity index (χ1v) is 15.5. The minimum Gasteiger partial charge on any atom is -0.214 e. The first kappa shape index (κ1) is 34.1. The molecule has 7 rings (SSSR count). The van der Waals surface area contributed by atoms with Gasteiger partial charge in [-0.05, 0) is 34.1 Å².